The van der Waals surface area contributed by atoms with Crippen LogP contribution in [-0.4, -0.2) is 0 Å². The van der Waals surface area contributed by atoms with Gasteiger partial charge >= 0.3 is 73.2 Å². The van der Waals surface area contributed by atoms with Crippen molar-refractivity contribution >= 4 is 104 Å². The molecule has 0 N–H and O–H groups in total. The van der Waals surface area contributed by atoms with Crippen LogP contribution in [0.25, 0.3) is 0 Å². The number of aryl methyl sites for hydroxylation is 2. The molecule has 0 saturated carbocycles. The SMILES string of the molecule is Cl[P-](Cl)(Cl)(Cl)(Cl)Cl.Clc1sc2c([s+]1)CCCC2. The third-order valence-electron chi connectivity index (χ3n) is 1.78. The summed E-state index contributed by atoms with van der Waals surface area (Å²) in [7, 11) is 0. The van der Waals surface area contributed by atoms with Crippen molar-refractivity contribution in [2.45, 2.75) is 25.7 Å². The Balaban J connectivity index is 0.000000185. The predicted octanol–water partition coefficient (Wildman–Crippen LogP) is 8.62. The van der Waals surface area contributed by atoms with Gasteiger partial charge in [-0.2, -0.15) is 0 Å². The number of hydrogen-bond donors (Lipinski definition) is 0. The van der Waals surface area contributed by atoms with Crippen LogP contribution in [0.1, 0.15) is 22.6 Å². The predicted molar refractivity (Wildman–Crippen MR) is 90.3 cm³/mol. The van der Waals surface area contributed by atoms with Gasteiger partial charge in [-0.15, -0.1) is 0 Å². The summed E-state index contributed by atoms with van der Waals surface area (Å²) in [4.78, 5) is 3.09. The molecule has 1 aliphatic carbocycles. The van der Waals surface area contributed by atoms with E-state index in [1.165, 1.54) is 25.7 Å². The molecule has 1 heterocycles. The average Bonchev–Trinajstić information content (AvgIpc) is 2.37. The van der Waals surface area contributed by atoms with Crippen LogP contribution < -0.4 is 0 Å². The van der Waals surface area contributed by atoms with E-state index in [1.54, 1.807) is 32.4 Å². The normalized spacial score (nSPS) is 19.5. The van der Waals surface area contributed by atoms with Crippen LogP contribution in [0.2, 0.25) is 3.65 Å². The molecule has 102 valence electrons. The first-order valence-electron chi connectivity index (χ1n) is 4.48. The number of rotatable bonds is 0. The Morgan fingerprint density at radius 2 is 1.41 bits per heavy atom. The van der Waals surface area contributed by atoms with Crippen LogP contribution in [0.5, 0.6) is 0 Å². The summed E-state index contributed by atoms with van der Waals surface area (Å²) in [5.74, 6) is 0. The van der Waals surface area contributed by atoms with E-state index in [0.717, 1.165) is 3.65 Å². The van der Waals surface area contributed by atoms with Gasteiger partial charge in [0.1, 0.15) is 32.4 Å². The molecule has 1 aromatic rings. The second-order valence-electron chi connectivity index (χ2n) is 3.45. The third kappa shape index (κ3) is 10.9. The van der Waals surface area contributed by atoms with E-state index in [9.17, 15) is 0 Å². The zero-order valence-corrected chi connectivity index (χ0v) is 16.1. The molecule has 0 aliphatic heterocycles. The molecule has 1 aliphatic rings. The number of halogens is 7. The van der Waals surface area contributed by atoms with E-state index in [0.29, 0.717) is 0 Å². The van der Waals surface area contributed by atoms with Crippen molar-refractivity contribution in [2.75, 3.05) is 0 Å². The number of fused-ring (bicyclic) bond motifs is 1. The molecule has 0 fully saturated rings. The molecule has 0 bridgehead atoms. The van der Waals surface area contributed by atoms with Gasteiger partial charge in [-0.25, -0.2) is 0 Å². The van der Waals surface area contributed by atoms with Crippen LogP contribution in [-0.2, 0) is 12.8 Å². The zero-order valence-electron chi connectivity index (χ0n) is 8.24. The van der Waals surface area contributed by atoms with Gasteiger partial charge in [0.05, 0.1) is 0 Å². The van der Waals surface area contributed by atoms with E-state index in [2.05, 4.69) is 0 Å². The Bertz CT molecular complexity index is 371. The van der Waals surface area contributed by atoms with Crippen molar-refractivity contribution in [1.82, 2.24) is 0 Å². The Labute approximate surface area is 141 Å². The van der Waals surface area contributed by atoms with E-state index >= 15 is 0 Å². The minimum absolute atomic E-state index is 1.01. The summed E-state index contributed by atoms with van der Waals surface area (Å²) >= 11 is 39.5. The molecule has 0 nitrogen and oxygen atoms in total. The summed E-state index contributed by atoms with van der Waals surface area (Å²) in [6.07, 6.45) is 5.25. The zero-order chi connectivity index (χ0) is 13.4. The summed E-state index contributed by atoms with van der Waals surface area (Å²) < 4.78 is -3.82. The van der Waals surface area contributed by atoms with Crippen molar-refractivity contribution in [1.29, 1.82) is 0 Å². The van der Waals surface area contributed by atoms with Gasteiger partial charge in [0.2, 0.25) is 0 Å². The Morgan fingerprint density at radius 1 is 0.941 bits per heavy atom. The summed E-state index contributed by atoms with van der Waals surface area (Å²) in [5.41, 5.74) is 0. The van der Waals surface area contributed by atoms with E-state index in [-0.39, 0.29) is 0 Å². The van der Waals surface area contributed by atoms with Crippen molar-refractivity contribution in [3.8, 4) is 0 Å². The molecule has 17 heavy (non-hydrogen) atoms. The smallest absolute Gasteiger partial charge is 0.0460 e. The second kappa shape index (κ2) is 5.37. The van der Waals surface area contributed by atoms with E-state index < -0.39 is 2.06 Å². The van der Waals surface area contributed by atoms with Gasteiger partial charge in [-0.3, -0.25) is 0 Å². The molecule has 0 radical (unpaired) electrons. The van der Waals surface area contributed by atoms with Gasteiger partial charge in [-0.05, 0) is 24.4 Å². The molecular formula is C7H8Cl7PS2. The molecule has 0 aromatic carbocycles. The molecule has 0 amide bonds. The first kappa shape index (κ1) is 17.6. The van der Waals surface area contributed by atoms with E-state index in [4.69, 9.17) is 79.0 Å². The van der Waals surface area contributed by atoms with Crippen LogP contribution in [0, 0.1) is 0 Å². The van der Waals surface area contributed by atoms with Crippen LogP contribution in [0.15, 0.2) is 0 Å². The topological polar surface area (TPSA) is 0 Å². The summed E-state index contributed by atoms with van der Waals surface area (Å²) in [6, 6.07) is 0. The quantitative estimate of drug-likeness (QED) is 0.283. The summed E-state index contributed by atoms with van der Waals surface area (Å²) in [6.45, 7) is 0. The Morgan fingerprint density at radius 3 is 1.88 bits per heavy atom. The molecule has 10 heteroatoms. The first-order valence-corrected chi connectivity index (χ1v) is 14.6. The number of hydrogen-bond acceptors (Lipinski definition) is 1. The van der Waals surface area contributed by atoms with Crippen molar-refractivity contribution < 1.29 is 0 Å². The van der Waals surface area contributed by atoms with E-state index in [1.807, 2.05) is 0 Å². The minimum atomic E-state index is -4.82. The van der Waals surface area contributed by atoms with Crippen molar-refractivity contribution in [3.05, 3.63) is 13.4 Å². The van der Waals surface area contributed by atoms with Gasteiger partial charge in [0, 0.05) is 12.8 Å². The first-order chi connectivity index (χ1) is 7.31. The molecule has 0 unspecified atom stereocenters. The van der Waals surface area contributed by atoms with Crippen LogP contribution >= 0.6 is 104 Å². The Kier molecular flexibility index (Phi) is 5.55. The van der Waals surface area contributed by atoms with Gasteiger partial charge in [0.15, 0.2) is 0 Å². The molecule has 2 rings (SSSR count). The van der Waals surface area contributed by atoms with Gasteiger partial charge in [-0.1, -0.05) is 0 Å². The maximum absolute atomic E-state index is 5.89. The molecule has 0 saturated heterocycles. The molecule has 0 atom stereocenters. The molecular weight excluding hydrogens is 427 g/mol. The van der Waals surface area contributed by atoms with Crippen molar-refractivity contribution in [2.24, 2.45) is 0 Å². The maximum Gasteiger partial charge on any atom is 0.347 e. The fraction of sp³-hybridized carbons (Fsp3) is 0.571. The fourth-order valence-electron chi connectivity index (χ4n) is 1.28. The summed E-state index contributed by atoms with van der Waals surface area (Å²) in [5, 5.41) is 0. The monoisotopic (exact) mass is 432 g/mol. The molecule has 0 spiro atoms. The fourth-order valence-corrected chi connectivity index (χ4v) is 4.17. The van der Waals surface area contributed by atoms with Gasteiger partial charge in [0.25, 0.3) is 0 Å². The van der Waals surface area contributed by atoms with Crippen LogP contribution in [0.3, 0.4) is 0 Å². The third-order valence-corrected chi connectivity index (χ3v) is 4.58. The Hall–Kier alpha value is 2.51. The second-order valence-corrected chi connectivity index (χ2v) is 31.7. The average molecular weight is 435 g/mol. The van der Waals surface area contributed by atoms with Crippen molar-refractivity contribution in [3.63, 3.8) is 0 Å². The largest absolute Gasteiger partial charge is 0.347 e. The minimum Gasteiger partial charge on any atom is -0.0460 e. The standard InChI is InChI=1S/C7H8ClS2.Cl6P/c8-7-9-5-3-1-2-4-6(5)10-7;1-7(2,3,4,5)6/h1-4H2;/q+1;-1. The van der Waals surface area contributed by atoms with Crippen LogP contribution in [0.4, 0.5) is 0 Å². The maximum atomic E-state index is 5.89. The molecule has 1 aromatic heterocycles. The van der Waals surface area contributed by atoms with Gasteiger partial charge < -0.3 is 0 Å².